The van der Waals surface area contributed by atoms with Crippen molar-refractivity contribution in [1.29, 1.82) is 0 Å². The summed E-state index contributed by atoms with van der Waals surface area (Å²) in [5.74, 6) is 1.35. The fourth-order valence-corrected chi connectivity index (χ4v) is 3.14. The highest BCUT2D eigenvalue weighted by molar-refractivity contribution is 14.0. The number of hydrogen-bond acceptors (Lipinski definition) is 4. The SMILES string of the molecule is CCNC(=NCc1ccc(C)cc1OCC1CCCO1)NCCN(C)CC(F)(F)F.I. The van der Waals surface area contributed by atoms with Gasteiger partial charge in [0.05, 0.1) is 19.2 Å². The minimum Gasteiger partial charge on any atom is -0.491 e. The van der Waals surface area contributed by atoms with E-state index in [1.165, 1.54) is 11.9 Å². The van der Waals surface area contributed by atoms with Crippen molar-refractivity contribution in [3.8, 4) is 5.75 Å². The summed E-state index contributed by atoms with van der Waals surface area (Å²) < 4.78 is 48.9. The molecule has 1 aromatic carbocycles. The lowest BCUT2D eigenvalue weighted by atomic mass is 10.1. The van der Waals surface area contributed by atoms with E-state index in [-0.39, 0.29) is 36.6 Å². The minimum absolute atomic E-state index is 0. The molecule has 0 amide bonds. The lowest BCUT2D eigenvalue weighted by Crippen LogP contribution is -2.42. The van der Waals surface area contributed by atoms with Gasteiger partial charge in [-0.3, -0.25) is 4.90 Å². The highest BCUT2D eigenvalue weighted by atomic mass is 127. The predicted molar refractivity (Wildman–Crippen MR) is 127 cm³/mol. The first kappa shape index (κ1) is 27.8. The van der Waals surface area contributed by atoms with Crippen LogP contribution in [0.1, 0.15) is 30.9 Å². The van der Waals surface area contributed by atoms with E-state index in [9.17, 15) is 13.2 Å². The van der Waals surface area contributed by atoms with Gasteiger partial charge in [-0.2, -0.15) is 13.2 Å². The molecule has 6 nitrogen and oxygen atoms in total. The van der Waals surface area contributed by atoms with E-state index in [4.69, 9.17) is 9.47 Å². The number of nitrogens with one attached hydrogen (secondary N) is 2. The zero-order valence-electron chi connectivity index (χ0n) is 18.4. The summed E-state index contributed by atoms with van der Waals surface area (Å²) >= 11 is 0. The van der Waals surface area contributed by atoms with Gasteiger partial charge in [-0.05, 0) is 45.4 Å². The van der Waals surface area contributed by atoms with Gasteiger partial charge in [-0.1, -0.05) is 12.1 Å². The van der Waals surface area contributed by atoms with E-state index in [1.54, 1.807) is 0 Å². The third-order valence-electron chi connectivity index (χ3n) is 4.66. The van der Waals surface area contributed by atoms with E-state index in [0.29, 0.717) is 32.2 Å². The largest absolute Gasteiger partial charge is 0.491 e. The quantitative estimate of drug-likeness (QED) is 0.261. The first-order chi connectivity index (χ1) is 14.3. The van der Waals surface area contributed by atoms with Crippen molar-refractivity contribution in [2.24, 2.45) is 4.99 Å². The summed E-state index contributed by atoms with van der Waals surface area (Å²) in [5.41, 5.74) is 2.05. The topological polar surface area (TPSA) is 58.1 Å². The van der Waals surface area contributed by atoms with Gasteiger partial charge in [0.15, 0.2) is 5.96 Å². The maximum absolute atomic E-state index is 12.4. The van der Waals surface area contributed by atoms with E-state index in [2.05, 4.69) is 15.6 Å². The molecule has 0 aromatic heterocycles. The Bertz CT molecular complexity index is 683. The molecule has 2 rings (SSSR count). The molecule has 31 heavy (non-hydrogen) atoms. The fourth-order valence-electron chi connectivity index (χ4n) is 3.14. The van der Waals surface area contributed by atoms with Crippen molar-refractivity contribution in [2.45, 2.75) is 45.5 Å². The fraction of sp³-hybridized carbons (Fsp3) is 0.667. The molecule has 1 atom stereocenters. The number of aryl methyl sites for hydroxylation is 1. The maximum Gasteiger partial charge on any atom is 0.401 e. The Hall–Kier alpha value is -1.27. The van der Waals surface area contributed by atoms with E-state index < -0.39 is 12.7 Å². The highest BCUT2D eigenvalue weighted by Gasteiger charge is 2.28. The van der Waals surface area contributed by atoms with Crippen LogP contribution in [0.3, 0.4) is 0 Å². The number of nitrogens with zero attached hydrogens (tertiary/aromatic N) is 2. The normalized spacial score (nSPS) is 16.9. The van der Waals surface area contributed by atoms with Gasteiger partial charge in [0, 0.05) is 31.8 Å². The molecule has 1 heterocycles. The summed E-state index contributed by atoms with van der Waals surface area (Å²) in [6.45, 7) is 5.98. The molecule has 178 valence electrons. The summed E-state index contributed by atoms with van der Waals surface area (Å²) in [7, 11) is 1.45. The van der Waals surface area contributed by atoms with Gasteiger partial charge in [-0.15, -0.1) is 24.0 Å². The maximum atomic E-state index is 12.4. The molecule has 0 spiro atoms. The molecule has 0 saturated carbocycles. The molecule has 0 radical (unpaired) electrons. The van der Waals surface area contributed by atoms with Crippen LogP contribution in [0, 0.1) is 6.92 Å². The smallest absolute Gasteiger partial charge is 0.401 e. The van der Waals surface area contributed by atoms with Crippen LogP contribution in [0.15, 0.2) is 23.2 Å². The van der Waals surface area contributed by atoms with Gasteiger partial charge < -0.3 is 20.1 Å². The van der Waals surface area contributed by atoms with Gasteiger partial charge in [0.25, 0.3) is 0 Å². The number of ether oxygens (including phenoxy) is 2. The molecule has 0 aliphatic carbocycles. The average molecular weight is 558 g/mol. The summed E-state index contributed by atoms with van der Waals surface area (Å²) in [6.07, 6.45) is -1.99. The molecule has 2 N–H and O–H groups in total. The number of aliphatic imine (C=N–C) groups is 1. The Morgan fingerprint density at radius 3 is 2.74 bits per heavy atom. The number of alkyl halides is 3. The summed E-state index contributed by atoms with van der Waals surface area (Å²) in [4.78, 5) is 5.80. The number of hydrogen-bond donors (Lipinski definition) is 2. The number of likely N-dealkylation sites (N-methyl/N-ethyl adjacent to an activating group) is 1. The second-order valence-corrected chi connectivity index (χ2v) is 7.53. The Labute approximate surface area is 200 Å². The third kappa shape index (κ3) is 11.2. The molecular weight excluding hydrogens is 524 g/mol. The van der Waals surface area contributed by atoms with Crippen LogP contribution >= 0.6 is 24.0 Å². The Morgan fingerprint density at radius 1 is 1.32 bits per heavy atom. The second-order valence-electron chi connectivity index (χ2n) is 7.53. The Kier molecular flexibility index (Phi) is 12.5. The van der Waals surface area contributed by atoms with Crippen molar-refractivity contribution in [2.75, 3.05) is 46.4 Å². The van der Waals surface area contributed by atoms with Crippen LogP contribution in [0.5, 0.6) is 5.75 Å². The van der Waals surface area contributed by atoms with Crippen LogP contribution in [-0.4, -0.2) is 69.6 Å². The number of benzene rings is 1. The van der Waals surface area contributed by atoms with Gasteiger partial charge in [0.2, 0.25) is 0 Å². The Balaban J connectivity index is 0.00000480. The van der Waals surface area contributed by atoms with E-state index >= 15 is 0 Å². The highest BCUT2D eigenvalue weighted by Crippen LogP contribution is 2.23. The van der Waals surface area contributed by atoms with Crippen LogP contribution in [0.2, 0.25) is 0 Å². The van der Waals surface area contributed by atoms with Crippen LogP contribution in [0.25, 0.3) is 0 Å². The van der Waals surface area contributed by atoms with Crippen molar-refractivity contribution >= 4 is 29.9 Å². The predicted octanol–water partition coefficient (Wildman–Crippen LogP) is 3.72. The van der Waals surface area contributed by atoms with Crippen LogP contribution in [-0.2, 0) is 11.3 Å². The van der Waals surface area contributed by atoms with Crippen molar-refractivity contribution < 1.29 is 22.6 Å². The molecule has 1 aliphatic heterocycles. The third-order valence-corrected chi connectivity index (χ3v) is 4.66. The molecule has 1 saturated heterocycles. The monoisotopic (exact) mass is 558 g/mol. The summed E-state index contributed by atoms with van der Waals surface area (Å²) in [5, 5.41) is 6.20. The van der Waals surface area contributed by atoms with Gasteiger partial charge >= 0.3 is 6.18 Å². The zero-order valence-corrected chi connectivity index (χ0v) is 20.8. The number of guanidine groups is 1. The summed E-state index contributed by atoms with van der Waals surface area (Å²) in [6, 6.07) is 5.99. The standard InChI is InChI=1S/C21H33F3N4O2.HI/c1-4-25-20(26-9-10-28(3)15-21(22,23)24)27-13-17-8-7-16(2)12-19(17)30-14-18-6-5-11-29-18;/h7-8,12,18H,4-6,9-11,13-15H2,1-3H3,(H2,25,26,27);1H. The van der Waals surface area contributed by atoms with Gasteiger partial charge in [0.1, 0.15) is 12.4 Å². The van der Waals surface area contributed by atoms with E-state index in [1.807, 2.05) is 32.0 Å². The van der Waals surface area contributed by atoms with Gasteiger partial charge in [-0.25, -0.2) is 4.99 Å². The van der Waals surface area contributed by atoms with Crippen molar-refractivity contribution in [3.05, 3.63) is 29.3 Å². The lowest BCUT2D eigenvalue weighted by Gasteiger charge is -2.19. The molecule has 1 aliphatic rings. The second kappa shape index (κ2) is 14.0. The lowest BCUT2D eigenvalue weighted by molar-refractivity contribution is -0.142. The zero-order chi connectivity index (χ0) is 22.0. The molecule has 0 bridgehead atoms. The average Bonchev–Trinajstić information content (AvgIpc) is 3.17. The number of rotatable bonds is 10. The molecule has 1 unspecified atom stereocenters. The van der Waals surface area contributed by atoms with E-state index in [0.717, 1.165) is 36.3 Å². The molecular formula is C21H34F3IN4O2. The minimum atomic E-state index is -4.20. The molecule has 1 aromatic rings. The first-order valence-corrected chi connectivity index (χ1v) is 10.4. The first-order valence-electron chi connectivity index (χ1n) is 10.4. The van der Waals surface area contributed by atoms with Crippen molar-refractivity contribution in [3.63, 3.8) is 0 Å². The van der Waals surface area contributed by atoms with Crippen LogP contribution in [0.4, 0.5) is 13.2 Å². The number of halogens is 4. The molecule has 1 fully saturated rings. The van der Waals surface area contributed by atoms with Crippen molar-refractivity contribution in [1.82, 2.24) is 15.5 Å². The molecule has 10 heteroatoms. The Morgan fingerprint density at radius 2 is 2.10 bits per heavy atom. The van der Waals surface area contributed by atoms with Crippen LogP contribution < -0.4 is 15.4 Å².